The van der Waals surface area contributed by atoms with Crippen LogP contribution < -0.4 is 0 Å². The molecule has 0 aliphatic carbocycles. The molecule has 0 bridgehead atoms. The maximum Gasteiger partial charge on any atom is 0.410 e. The van der Waals surface area contributed by atoms with Crippen LogP contribution in [0.2, 0.25) is 0 Å². The van der Waals surface area contributed by atoms with Gasteiger partial charge in [-0.3, -0.25) is 4.79 Å². The molecular weight excluding hydrogens is 258 g/mol. The Bertz CT molecular complexity index is 549. The van der Waals surface area contributed by atoms with Crippen molar-refractivity contribution in [3.8, 4) is 12.3 Å². The smallest absolute Gasteiger partial charge is 0.410 e. The topological polar surface area (TPSA) is 66.8 Å². The highest BCUT2D eigenvalue weighted by Crippen LogP contribution is 2.30. The van der Waals surface area contributed by atoms with E-state index >= 15 is 0 Å². The van der Waals surface area contributed by atoms with Crippen molar-refractivity contribution >= 4 is 12.1 Å². The third-order valence-electron chi connectivity index (χ3n) is 3.42. The standard InChI is InChI=1S/C15H15NO4/c1-2-15(13(17)18)8-9-16(11-15)14(19)20-10-12-6-4-3-5-7-12/h1,3-7H,8-11H2,(H,17,18). The second-order valence-electron chi connectivity index (χ2n) is 4.74. The predicted octanol–water partition coefficient (Wildman–Crippen LogP) is 1.73. The molecule has 0 saturated carbocycles. The number of carboxylic acids is 1. The van der Waals surface area contributed by atoms with Gasteiger partial charge in [-0.15, -0.1) is 6.42 Å². The minimum absolute atomic E-state index is 0.00748. The highest BCUT2D eigenvalue weighted by molar-refractivity contribution is 5.81. The van der Waals surface area contributed by atoms with E-state index in [-0.39, 0.29) is 19.6 Å². The van der Waals surface area contributed by atoms with Crippen LogP contribution in [-0.4, -0.2) is 35.2 Å². The van der Waals surface area contributed by atoms with Gasteiger partial charge in [-0.05, 0) is 12.0 Å². The van der Waals surface area contributed by atoms with E-state index in [1.807, 2.05) is 30.3 Å². The molecule has 1 amide bonds. The number of carbonyl (C=O) groups is 2. The molecular formula is C15H15NO4. The van der Waals surface area contributed by atoms with Gasteiger partial charge >= 0.3 is 12.1 Å². The lowest BCUT2D eigenvalue weighted by molar-refractivity contribution is -0.144. The van der Waals surface area contributed by atoms with E-state index < -0.39 is 17.5 Å². The second kappa shape index (κ2) is 5.66. The summed E-state index contributed by atoms with van der Waals surface area (Å²) in [6.07, 6.45) is 5.00. The van der Waals surface area contributed by atoms with E-state index in [0.717, 1.165) is 5.56 Å². The summed E-state index contributed by atoms with van der Waals surface area (Å²) in [6, 6.07) is 9.28. The molecule has 1 N–H and O–H groups in total. The van der Waals surface area contributed by atoms with Gasteiger partial charge in [0.05, 0.1) is 6.54 Å². The van der Waals surface area contributed by atoms with Crippen molar-refractivity contribution in [1.82, 2.24) is 4.90 Å². The van der Waals surface area contributed by atoms with Crippen molar-refractivity contribution in [3.63, 3.8) is 0 Å². The highest BCUT2D eigenvalue weighted by atomic mass is 16.6. The summed E-state index contributed by atoms with van der Waals surface area (Å²) in [4.78, 5) is 24.4. The molecule has 2 rings (SSSR count). The molecule has 1 saturated heterocycles. The third kappa shape index (κ3) is 2.75. The van der Waals surface area contributed by atoms with Gasteiger partial charge in [-0.2, -0.15) is 0 Å². The molecule has 0 radical (unpaired) electrons. The number of hydrogen-bond acceptors (Lipinski definition) is 3. The van der Waals surface area contributed by atoms with Crippen LogP contribution in [0.15, 0.2) is 30.3 Å². The molecule has 0 aromatic heterocycles. The maximum atomic E-state index is 11.9. The highest BCUT2D eigenvalue weighted by Gasteiger charge is 2.45. The number of carbonyl (C=O) groups excluding carboxylic acids is 1. The summed E-state index contributed by atoms with van der Waals surface area (Å²) in [6.45, 7) is 0.447. The molecule has 20 heavy (non-hydrogen) atoms. The Morgan fingerprint density at radius 1 is 1.40 bits per heavy atom. The third-order valence-corrected chi connectivity index (χ3v) is 3.42. The first-order valence-electron chi connectivity index (χ1n) is 6.24. The molecule has 1 unspecified atom stereocenters. The van der Waals surface area contributed by atoms with E-state index in [1.165, 1.54) is 4.90 Å². The van der Waals surface area contributed by atoms with Crippen LogP contribution in [0.3, 0.4) is 0 Å². The van der Waals surface area contributed by atoms with Gasteiger partial charge < -0.3 is 14.7 Å². The zero-order valence-electron chi connectivity index (χ0n) is 10.9. The number of hydrogen-bond donors (Lipinski definition) is 1. The number of amides is 1. The average Bonchev–Trinajstić information content (AvgIpc) is 2.92. The Morgan fingerprint density at radius 2 is 2.10 bits per heavy atom. The van der Waals surface area contributed by atoms with Gasteiger partial charge in [0.25, 0.3) is 0 Å². The van der Waals surface area contributed by atoms with Crippen molar-refractivity contribution in [2.75, 3.05) is 13.1 Å². The second-order valence-corrected chi connectivity index (χ2v) is 4.74. The molecule has 5 heteroatoms. The summed E-state index contributed by atoms with van der Waals surface area (Å²) in [5.41, 5.74) is -0.410. The lowest BCUT2D eigenvalue weighted by atomic mass is 9.89. The molecule has 104 valence electrons. The summed E-state index contributed by atoms with van der Waals surface area (Å²) >= 11 is 0. The van der Waals surface area contributed by atoms with Gasteiger partial charge in [-0.1, -0.05) is 36.3 Å². The van der Waals surface area contributed by atoms with Crippen molar-refractivity contribution in [2.24, 2.45) is 5.41 Å². The van der Waals surface area contributed by atoms with E-state index in [2.05, 4.69) is 5.92 Å². The Kier molecular flexibility index (Phi) is 3.94. The van der Waals surface area contributed by atoms with Gasteiger partial charge in [0, 0.05) is 6.54 Å². The fourth-order valence-electron chi connectivity index (χ4n) is 2.13. The quantitative estimate of drug-likeness (QED) is 0.852. The van der Waals surface area contributed by atoms with Crippen LogP contribution in [0.4, 0.5) is 4.79 Å². The lowest BCUT2D eigenvalue weighted by Crippen LogP contribution is -2.36. The van der Waals surface area contributed by atoms with Gasteiger partial charge in [0.15, 0.2) is 0 Å². The molecule has 1 heterocycles. The minimum Gasteiger partial charge on any atom is -0.480 e. The van der Waals surface area contributed by atoms with Crippen molar-refractivity contribution in [2.45, 2.75) is 13.0 Å². The molecule has 0 spiro atoms. The molecule has 1 aliphatic rings. The Morgan fingerprint density at radius 3 is 2.65 bits per heavy atom. The SMILES string of the molecule is C#CC1(C(=O)O)CCN(C(=O)OCc2ccccc2)C1. The zero-order chi connectivity index (χ0) is 14.6. The summed E-state index contributed by atoms with van der Waals surface area (Å²) < 4.78 is 5.16. The number of benzene rings is 1. The van der Waals surface area contributed by atoms with Crippen LogP contribution in [0.5, 0.6) is 0 Å². The number of aliphatic carboxylic acids is 1. The van der Waals surface area contributed by atoms with E-state index in [0.29, 0.717) is 6.54 Å². The van der Waals surface area contributed by atoms with Crippen LogP contribution >= 0.6 is 0 Å². The fraction of sp³-hybridized carbons (Fsp3) is 0.333. The Balaban J connectivity index is 1.92. The van der Waals surface area contributed by atoms with Gasteiger partial charge in [0.1, 0.15) is 12.0 Å². The predicted molar refractivity (Wildman–Crippen MR) is 71.7 cm³/mol. The van der Waals surface area contributed by atoms with E-state index in [9.17, 15) is 9.59 Å². The number of nitrogens with zero attached hydrogens (tertiary/aromatic N) is 1. The van der Waals surface area contributed by atoms with Crippen LogP contribution in [0.25, 0.3) is 0 Å². The molecule has 1 atom stereocenters. The Hall–Kier alpha value is -2.48. The zero-order valence-corrected chi connectivity index (χ0v) is 10.9. The number of rotatable bonds is 3. The first-order chi connectivity index (χ1) is 9.57. The summed E-state index contributed by atoms with van der Waals surface area (Å²) in [5, 5.41) is 9.15. The number of likely N-dealkylation sites (tertiary alicyclic amines) is 1. The maximum absolute atomic E-state index is 11.9. The number of ether oxygens (including phenoxy) is 1. The van der Waals surface area contributed by atoms with Crippen molar-refractivity contribution in [1.29, 1.82) is 0 Å². The minimum atomic E-state index is -1.29. The normalized spacial score (nSPS) is 21.2. The Labute approximate surface area is 117 Å². The number of terminal acetylenes is 1. The molecule has 5 nitrogen and oxygen atoms in total. The molecule has 1 fully saturated rings. The molecule has 1 aromatic rings. The first kappa shape index (κ1) is 13.9. The summed E-state index contributed by atoms with van der Waals surface area (Å²) in [7, 11) is 0. The van der Waals surface area contributed by atoms with Crippen molar-refractivity contribution < 1.29 is 19.4 Å². The lowest BCUT2D eigenvalue weighted by Gasteiger charge is -2.19. The van der Waals surface area contributed by atoms with Crippen LogP contribution in [0.1, 0.15) is 12.0 Å². The van der Waals surface area contributed by atoms with Gasteiger partial charge in [0.2, 0.25) is 0 Å². The largest absolute Gasteiger partial charge is 0.480 e. The number of carboxylic acid groups (broad SMARTS) is 1. The fourth-order valence-corrected chi connectivity index (χ4v) is 2.13. The van der Waals surface area contributed by atoms with Crippen LogP contribution in [-0.2, 0) is 16.1 Å². The molecule has 1 aliphatic heterocycles. The monoisotopic (exact) mass is 273 g/mol. The van der Waals surface area contributed by atoms with Crippen molar-refractivity contribution in [3.05, 3.63) is 35.9 Å². The van der Waals surface area contributed by atoms with Gasteiger partial charge in [-0.25, -0.2) is 4.79 Å². The van der Waals surface area contributed by atoms with E-state index in [1.54, 1.807) is 0 Å². The molecule has 1 aromatic carbocycles. The average molecular weight is 273 g/mol. The first-order valence-corrected chi connectivity index (χ1v) is 6.24. The van der Waals surface area contributed by atoms with Crippen LogP contribution in [0, 0.1) is 17.8 Å². The summed E-state index contributed by atoms with van der Waals surface area (Å²) in [5.74, 6) is 1.22. The van der Waals surface area contributed by atoms with E-state index in [4.69, 9.17) is 16.3 Å².